The van der Waals surface area contributed by atoms with Gasteiger partial charge in [0.15, 0.2) is 0 Å². The molecule has 1 amide bonds. The molecule has 2 rings (SSSR count). The molecule has 19 heavy (non-hydrogen) atoms. The van der Waals surface area contributed by atoms with E-state index in [1.807, 2.05) is 0 Å². The number of nitrogens with zero attached hydrogens (tertiary/aromatic N) is 1. The van der Waals surface area contributed by atoms with Gasteiger partial charge in [0.1, 0.15) is 5.82 Å². The fourth-order valence-corrected chi connectivity index (χ4v) is 2.40. The molecule has 1 heterocycles. The Labute approximate surface area is 113 Å². The van der Waals surface area contributed by atoms with Crippen molar-refractivity contribution in [1.82, 2.24) is 10.2 Å². The fraction of sp³-hybridized carbons (Fsp3) is 0.533. The van der Waals surface area contributed by atoms with Crippen LogP contribution in [-0.2, 0) is 11.2 Å². The fourth-order valence-electron chi connectivity index (χ4n) is 2.40. The first kappa shape index (κ1) is 14.0. The molecule has 104 valence electrons. The second-order valence-corrected chi connectivity index (χ2v) is 5.24. The summed E-state index contributed by atoms with van der Waals surface area (Å²) < 4.78 is 13.4. The van der Waals surface area contributed by atoms with Crippen LogP contribution in [0.2, 0.25) is 0 Å². The third-order valence-electron chi connectivity index (χ3n) is 3.66. The van der Waals surface area contributed by atoms with Gasteiger partial charge in [0.05, 0.1) is 0 Å². The largest absolute Gasteiger partial charge is 0.353 e. The second kappa shape index (κ2) is 6.66. The summed E-state index contributed by atoms with van der Waals surface area (Å²) in [6, 6.07) is 6.91. The summed E-state index contributed by atoms with van der Waals surface area (Å²) in [5.41, 5.74) is 0.612. The van der Waals surface area contributed by atoms with Crippen molar-refractivity contribution >= 4 is 5.91 Å². The normalized spacial score (nSPS) is 17.4. The number of rotatable bonds is 4. The van der Waals surface area contributed by atoms with Crippen LogP contribution >= 0.6 is 0 Å². The molecule has 1 aromatic carbocycles. The number of piperidine rings is 1. The van der Waals surface area contributed by atoms with Gasteiger partial charge in [0, 0.05) is 12.5 Å². The van der Waals surface area contributed by atoms with Crippen LogP contribution < -0.4 is 5.32 Å². The Morgan fingerprint density at radius 1 is 1.37 bits per heavy atom. The standard InChI is InChI=1S/C15H21FN2O/c1-18-10-8-13(9-11-18)17-15(19)7-6-12-4-2-3-5-14(12)16/h2-5,13H,6-11H2,1H3,(H,17,19). The van der Waals surface area contributed by atoms with Gasteiger partial charge in [-0.2, -0.15) is 0 Å². The SMILES string of the molecule is CN1CCC(NC(=O)CCc2ccccc2F)CC1. The number of aryl methyl sites for hydroxylation is 1. The van der Waals surface area contributed by atoms with Crippen LogP contribution in [0.1, 0.15) is 24.8 Å². The number of amides is 1. The molecular formula is C15H21FN2O. The summed E-state index contributed by atoms with van der Waals surface area (Å²) in [6.45, 7) is 2.05. The molecule has 1 saturated heterocycles. The number of nitrogens with one attached hydrogen (secondary N) is 1. The Morgan fingerprint density at radius 2 is 2.05 bits per heavy atom. The molecule has 4 heteroatoms. The van der Waals surface area contributed by atoms with Crippen molar-refractivity contribution in [2.75, 3.05) is 20.1 Å². The monoisotopic (exact) mass is 264 g/mol. The van der Waals surface area contributed by atoms with Crippen molar-refractivity contribution in [2.45, 2.75) is 31.7 Å². The molecule has 0 aromatic heterocycles. The Balaban J connectivity index is 1.74. The lowest BCUT2D eigenvalue weighted by Crippen LogP contribution is -2.43. The maximum Gasteiger partial charge on any atom is 0.220 e. The molecule has 0 radical (unpaired) electrons. The van der Waals surface area contributed by atoms with Crippen molar-refractivity contribution in [3.63, 3.8) is 0 Å². The number of likely N-dealkylation sites (tertiary alicyclic amines) is 1. The van der Waals surface area contributed by atoms with Crippen LogP contribution in [0.4, 0.5) is 4.39 Å². The van der Waals surface area contributed by atoms with Gasteiger partial charge in [-0.05, 0) is 51.0 Å². The minimum Gasteiger partial charge on any atom is -0.353 e. The predicted molar refractivity (Wildman–Crippen MR) is 73.4 cm³/mol. The lowest BCUT2D eigenvalue weighted by molar-refractivity contribution is -0.122. The van der Waals surface area contributed by atoms with Crippen molar-refractivity contribution in [2.24, 2.45) is 0 Å². The summed E-state index contributed by atoms with van der Waals surface area (Å²) in [4.78, 5) is 14.1. The molecule has 0 aliphatic carbocycles. The summed E-state index contributed by atoms with van der Waals surface area (Å²) in [5, 5.41) is 3.04. The smallest absolute Gasteiger partial charge is 0.220 e. The first-order chi connectivity index (χ1) is 9.15. The minimum atomic E-state index is -0.227. The van der Waals surface area contributed by atoms with Crippen LogP contribution in [0.3, 0.4) is 0 Å². The van der Waals surface area contributed by atoms with Crippen molar-refractivity contribution < 1.29 is 9.18 Å². The van der Waals surface area contributed by atoms with Gasteiger partial charge < -0.3 is 10.2 Å². The molecule has 1 aliphatic rings. The first-order valence-electron chi connectivity index (χ1n) is 6.86. The van der Waals surface area contributed by atoms with E-state index in [4.69, 9.17) is 0 Å². The molecule has 1 N–H and O–H groups in total. The number of benzene rings is 1. The molecule has 1 fully saturated rings. The highest BCUT2D eigenvalue weighted by Gasteiger charge is 2.18. The topological polar surface area (TPSA) is 32.3 Å². The summed E-state index contributed by atoms with van der Waals surface area (Å²) in [5.74, 6) is -0.201. The van der Waals surface area contributed by atoms with Gasteiger partial charge in [0.25, 0.3) is 0 Å². The van der Waals surface area contributed by atoms with Gasteiger partial charge in [0.2, 0.25) is 5.91 Å². The van der Waals surface area contributed by atoms with E-state index in [-0.39, 0.29) is 17.8 Å². The van der Waals surface area contributed by atoms with Crippen molar-refractivity contribution in [3.8, 4) is 0 Å². The summed E-state index contributed by atoms with van der Waals surface area (Å²) in [6.07, 6.45) is 2.82. The van der Waals surface area contributed by atoms with Crippen molar-refractivity contribution in [3.05, 3.63) is 35.6 Å². The molecule has 0 spiro atoms. The number of carbonyl (C=O) groups is 1. The average Bonchev–Trinajstić information content (AvgIpc) is 2.40. The van der Waals surface area contributed by atoms with E-state index in [1.54, 1.807) is 18.2 Å². The van der Waals surface area contributed by atoms with E-state index in [0.29, 0.717) is 18.4 Å². The summed E-state index contributed by atoms with van der Waals surface area (Å²) in [7, 11) is 2.09. The van der Waals surface area contributed by atoms with Gasteiger partial charge in [-0.1, -0.05) is 18.2 Å². The Morgan fingerprint density at radius 3 is 2.74 bits per heavy atom. The van der Waals surface area contributed by atoms with E-state index >= 15 is 0 Å². The highest BCUT2D eigenvalue weighted by atomic mass is 19.1. The number of hydrogen-bond acceptors (Lipinski definition) is 2. The number of hydrogen-bond donors (Lipinski definition) is 1. The lowest BCUT2D eigenvalue weighted by atomic mass is 10.0. The van der Waals surface area contributed by atoms with Crippen LogP contribution in [0, 0.1) is 5.82 Å². The van der Waals surface area contributed by atoms with Crippen LogP contribution in [0.25, 0.3) is 0 Å². The zero-order valence-electron chi connectivity index (χ0n) is 11.4. The Hall–Kier alpha value is -1.42. The zero-order chi connectivity index (χ0) is 13.7. The number of halogens is 1. The Kier molecular flexibility index (Phi) is 4.91. The first-order valence-corrected chi connectivity index (χ1v) is 6.86. The van der Waals surface area contributed by atoms with E-state index in [1.165, 1.54) is 6.07 Å². The molecule has 0 unspecified atom stereocenters. The maximum absolute atomic E-state index is 13.4. The molecule has 0 saturated carbocycles. The molecular weight excluding hydrogens is 243 g/mol. The van der Waals surface area contributed by atoms with Crippen LogP contribution in [0.15, 0.2) is 24.3 Å². The van der Waals surface area contributed by atoms with Gasteiger partial charge in [-0.15, -0.1) is 0 Å². The zero-order valence-corrected chi connectivity index (χ0v) is 11.4. The highest BCUT2D eigenvalue weighted by Crippen LogP contribution is 2.11. The van der Waals surface area contributed by atoms with E-state index < -0.39 is 0 Å². The maximum atomic E-state index is 13.4. The van der Waals surface area contributed by atoms with Gasteiger partial charge in [-0.3, -0.25) is 4.79 Å². The second-order valence-electron chi connectivity index (χ2n) is 5.24. The molecule has 0 atom stereocenters. The quantitative estimate of drug-likeness (QED) is 0.901. The number of carbonyl (C=O) groups excluding carboxylic acids is 1. The van der Waals surface area contributed by atoms with Gasteiger partial charge in [-0.25, -0.2) is 4.39 Å². The third kappa shape index (κ3) is 4.31. The average molecular weight is 264 g/mol. The van der Waals surface area contributed by atoms with E-state index in [2.05, 4.69) is 17.3 Å². The van der Waals surface area contributed by atoms with E-state index in [9.17, 15) is 9.18 Å². The molecule has 1 aromatic rings. The third-order valence-corrected chi connectivity index (χ3v) is 3.66. The molecule has 1 aliphatic heterocycles. The minimum absolute atomic E-state index is 0.0257. The lowest BCUT2D eigenvalue weighted by Gasteiger charge is -2.29. The van der Waals surface area contributed by atoms with Crippen LogP contribution in [-0.4, -0.2) is 37.0 Å². The predicted octanol–water partition coefficient (Wildman–Crippen LogP) is 1.97. The van der Waals surface area contributed by atoms with Crippen LogP contribution in [0.5, 0.6) is 0 Å². The molecule has 3 nitrogen and oxygen atoms in total. The Bertz CT molecular complexity index is 428. The summed E-state index contributed by atoms with van der Waals surface area (Å²) >= 11 is 0. The molecule has 0 bridgehead atoms. The van der Waals surface area contributed by atoms with Gasteiger partial charge >= 0.3 is 0 Å². The highest BCUT2D eigenvalue weighted by molar-refractivity contribution is 5.76. The van der Waals surface area contributed by atoms with E-state index in [0.717, 1.165) is 25.9 Å². The van der Waals surface area contributed by atoms with Crippen molar-refractivity contribution in [1.29, 1.82) is 0 Å².